The van der Waals surface area contributed by atoms with Crippen LogP contribution in [0, 0.1) is 11.8 Å². The lowest BCUT2D eigenvalue weighted by molar-refractivity contribution is -0.123. The Balaban J connectivity index is 0.000000963. The zero-order valence-electron chi connectivity index (χ0n) is 9.28. The molecule has 92 valence electrons. The molecule has 3 rings (SSSR count). The Morgan fingerprint density at radius 3 is 2.75 bits per heavy atom. The molecule has 0 spiro atoms. The lowest BCUT2D eigenvalue weighted by Gasteiger charge is -2.24. The van der Waals surface area contributed by atoms with Gasteiger partial charge < -0.3 is 5.32 Å². The number of amides is 1. The summed E-state index contributed by atoms with van der Waals surface area (Å²) < 4.78 is 0. The van der Waals surface area contributed by atoms with Crippen molar-refractivity contribution < 1.29 is 4.79 Å². The Labute approximate surface area is 107 Å². The minimum atomic E-state index is 0. The van der Waals surface area contributed by atoms with E-state index >= 15 is 0 Å². The summed E-state index contributed by atoms with van der Waals surface area (Å²) in [5.74, 6) is 3.79. The average molecular weight is 263 g/mol. The molecule has 4 atom stereocenters. The van der Waals surface area contributed by atoms with E-state index in [1.807, 2.05) is 11.8 Å². The van der Waals surface area contributed by atoms with Crippen molar-refractivity contribution in [3.63, 3.8) is 0 Å². The maximum absolute atomic E-state index is 11.9. The van der Waals surface area contributed by atoms with Crippen molar-refractivity contribution in [2.75, 3.05) is 11.6 Å². The van der Waals surface area contributed by atoms with Gasteiger partial charge in [0, 0.05) is 17.7 Å². The first kappa shape index (κ1) is 12.5. The van der Waals surface area contributed by atoms with E-state index in [4.69, 9.17) is 0 Å². The number of fused-ring (bicyclic) bond motifs is 2. The number of hydrogen-bond donors (Lipinski definition) is 2. The minimum Gasteiger partial charge on any atom is -0.352 e. The Kier molecular flexibility index (Phi) is 4.03. The predicted molar refractivity (Wildman–Crippen MR) is 68.9 cm³/mol. The third kappa shape index (κ3) is 2.34. The summed E-state index contributed by atoms with van der Waals surface area (Å²) >= 11 is 1.81. The van der Waals surface area contributed by atoms with Crippen molar-refractivity contribution in [1.29, 1.82) is 0 Å². The van der Waals surface area contributed by atoms with Crippen LogP contribution in [0.2, 0.25) is 0 Å². The van der Waals surface area contributed by atoms with Gasteiger partial charge in [-0.2, -0.15) is 0 Å². The summed E-state index contributed by atoms with van der Waals surface area (Å²) in [6.07, 6.45) is 5.32. The molecule has 1 aliphatic heterocycles. The molecule has 3 nitrogen and oxygen atoms in total. The summed E-state index contributed by atoms with van der Waals surface area (Å²) in [5, 5.41) is 6.46. The highest BCUT2D eigenvalue weighted by atomic mass is 35.5. The van der Waals surface area contributed by atoms with Gasteiger partial charge in [0.25, 0.3) is 0 Å². The molecule has 3 fully saturated rings. The topological polar surface area (TPSA) is 41.1 Å². The number of carbonyl (C=O) groups is 1. The Morgan fingerprint density at radius 1 is 1.31 bits per heavy atom. The Hall–Kier alpha value is 0.0700. The molecular formula is C11H19ClN2OS. The van der Waals surface area contributed by atoms with Crippen molar-refractivity contribution in [2.45, 2.75) is 37.8 Å². The van der Waals surface area contributed by atoms with Gasteiger partial charge in [0.2, 0.25) is 5.91 Å². The van der Waals surface area contributed by atoms with Crippen LogP contribution in [0.3, 0.4) is 0 Å². The molecule has 1 amide bonds. The van der Waals surface area contributed by atoms with Gasteiger partial charge in [-0.25, -0.2) is 0 Å². The molecule has 1 heterocycles. The number of carbonyl (C=O) groups excluding carboxylic acids is 1. The molecule has 16 heavy (non-hydrogen) atoms. The predicted octanol–water partition coefficient (Wildman–Crippen LogP) is 1.38. The fraction of sp³-hybridized carbons (Fsp3) is 0.909. The van der Waals surface area contributed by atoms with Crippen molar-refractivity contribution in [2.24, 2.45) is 11.8 Å². The first-order chi connectivity index (χ1) is 7.33. The second-order valence-corrected chi connectivity index (χ2v) is 6.09. The van der Waals surface area contributed by atoms with Gasteiger partial charge in [0.15, 0.2) is 0 Å². The van der Waals surface area contributed by atoms with E-state index in [1.54, 1.807) is 0 Å². The average Bonchev–Trinajstić information content (AvgIpc) is 2.95. The van der Waals surface area contributed by atoms with Gasteiger partial charge in [-0.05, 0) is 31.1 Å². The molecular weight excluding hydrogens is 244 g/mol. The second kappa shape index (κ2) is 5.15. The SMILES string of the molecule is Cl.O=C(NC1CC2CCC1C2)[C@H]1CSCN1. The van der Waals surface area contributed by atoms with E-state index in [0.29, 0.717) is 6.04 Å². The summed E-state index contributed by atoms with van der Waals surface area (Å²) in [6, 6.07) is 0.553. The smallest absolute Gasteiger partial charge is 0.238 e. The van der Waals surface area contributed by atoms with Crippen LogP contribution in [-0.4, -0.2) is 29.6 Å². The number of thioether (sulfide) groups is 1. The van der Waals surface area contributed by atoms with Gasteiger partial charge in [0.1, 0.15) is 0 Å². The fourth-order valence-corrected chi connectivity index (χ4v) is 4.21. The molecule has 5 heteroatoms. The van der Waals surface area contributed by atoms with E-state index in [2.05, 4.69) is 10.6 Å². The third-order valence-corrected chi connectivity index (χ3v) is 5.04. The van der Waals surface area contributed by atoms with Crippen molar-refractivity contribution in [3.05, 3.63) is 0 Å². The van der Waals surface area contributed by atoms with Crippen LogP contribution in [0.25, 0.3) is 0 Å². The summed E-state index contributed by atoms with van der Waals surface area (Å²) in [6.45, 7) is 0. The van der Waals surface area contributed by atoms with Crippen LogP contribution in [-0.2, 0) is 4.79 Å². The standard InChI is InChI=1S/C11H18N2OS.ClH/c14-11(10-5-15-6-12-10)13-9-4-7-1-2-8(9)3-7;/h7-10,12H,1-6H2,(H,13,14);1H/t7?,8?,9?,10-;/m1./s1. The van der Waals surface area contributed by atoms with Crippen LogP contribution in [0.15, 0.2) is 0 Å². The van der Waals surface area contributed by atoms with Crippen LogP contribution < -0.4 is 10.6 Å². The summed E-state index contributed by atoms with van der Waals surface area (Å²) in [7, 11) is 0. The molecule has 2 saturated carbocycles. The van der Waals surface area contributed by atoms with Crippen molar-refractivity contribution in [1.82, 2.24) is 10.6 Å². The Morgan fingerprint density at radius 2 is 2.19 bits per heavy atom. The second-order valence-electron chi connectivity index (χ2n) is 5.06. The van der Waals surface area contributed by atoms with Gasteiger partial charge in [-0.1, -0.05) is 6.42 Å². The maximum Gasteiger partial charge on any atom is 0.238 e. The van der Waals surface area contributed by atoms with E-state index in [9.17, 15) is 4.79 Å². The molecule has 1 saturated heterocycles. The van der Waals surface area contributed by atoms with E-state index < -0.39 is 0 Å². The number of hydrogen-bond acceptors (Lipinski definition) is 3. The number of halogens is 1. The van der Waals surface area contributed by atoms with Gasteiger partial charge in [-0.3, -0.25) is 10.1 Å². The highest BCUT2D eigenvalue weighted by Gasteiger charge is 2.40. The van der Waals surface area contributed by atoms with E-state index in [-0.39, 0.29) is 24.4 Å². The normalized spacial score (nSPS) is 40.8. The van der Waals surface area contributed by atoms with Gasteiger partial charge >= 0.3 is 0 Å². The molecule has 0 radical (unpaired) electrons. The van der Waals surface area contributed by atoms with Crippen LogP contribution >= 0.6 is 24.2 Å². The van der Waals surface area contributed by atoms with E-state index in [1.165, 1.54) is 25.7 Å². The lowest BCUT2D eigenvalue weighted by Crippen LogP contribution is -2.47. The summed E-state index contributed by atoms with van der Waals surface area (Å²) in [4.78, 5) is 11.9. The monoisotopic (exact) mass is 262 g/mol. The number of rotatable bonds is 2. The molecule has 3 unspecified atom stereocenters. The maximum atomic E-state index is 11.9. The highest BCUT2D eigenvalue weighted by Crippen LogP contribution is 2.44. The highest BCUT2D eigenvalue weighted by molar-refractivity contribution is 7.99. The van der Waals surface area contributed by atoms with Crippen molar-refractivity contribution >= 4 is 30.1 Å². The zero-order chi connectivity index (χ0) is 10.3. The Bertz CT molecular complexity index is 271. The van der Waals surface area contributed by atoms with E-state index in [0.717, 1.165) is 23.5 Å². The minimum absolute atomic E-state index is 0. The number of nitrogens with one attached hydrogen (secondary N) is 2. The molecule has 0 aromatic heterocycles. The molecule has 0 aromatic carbocycles. The molecule has 2 N–H and O–H groups in total. The third-order valence-electron chi connectivity index (χ3n) is 4.10. The molecule has 3 aliphatic rings. The first-order valence-corrected chi connectivity index (χ1v) is 7.10. The zero-order valence-corrected chi connectivity index (χ0v) is 10.9. The molecule has 2 aliphatic carbocycles. The van der Waals surface area contributed by atoms with Crippen LogP contribution in [0.5, 0.6) is 0 Å². The lowest BCUT2D eigenvalue weighted by atomic mass is 9.95. The largest absolute Gasteiger partial charge is 0.352 e. The van der Waals surface area contributed by atoms with Crippen LogP contribution in [0.4, 0.5) is 0 Å². The van der Waals surface area contributed by atoms with Gasteiger partial charge in [-0.15, -0.1) is 24.2 Å². The fourth-order valence-electron chi connectivity index (χ4n) is 3.27. The first-order valence-electron chi connectivity index (χ1n) is 5.94. The summed E-state index contributed by atoms with van der Waals surface area (Å²) in [5.41, 5.74) is 0. The van der Waals surface area contributed by atoms with Gasteiger partial charge in [0.05, 0.1) is 6.04 Å². The quantitative estimate of drug-likeness (QED) is 0.790. The molecule has 2 bridgehead atoms. The molecule has 0 aromatic rings. The van der Waals surface area contributed by atoms with Crippen LogP contribution in [0.1, 0.15) is 25.7 Å². The van der Waals surface area contributed by atoms with Crippen molar-refractivity contribution in [3.8, 4) is 0 Å².